The molecule has 0 aliphatic carbocycles. The molecule has 5 nitrogen and oxygen atoms in total. The zero-order valence-electron chi connectivity index (χ0n) is 8.70. The SMILES string of the molecule is CC(C)(CNC(=O)c1ccc[nH]1)C(=O)O. The van der Waals surface area contributed by atoms with Gasteiger partial charge in [-0.05, 0) is 26.0 Å². The number of H-pyrrole nitrogens is 1. The van der Waals surface area contributed by atoms with Crippen LogP contribution in [0.5, 0.6) is 0 Å². The standard InChI is InChI=1S/C10H14N2O3/c1-10(2,9(14)15)6-12-8(13)7-4-3-5-11-7/h3-5,11H,6H2,1-2H3,(H,12,13)(H,14,15). The van der Waals surface area contributed by atoms with Crippen LogP contribution < -0.4 is 5.32 Å². The van der Waals surface area contributed by atoms with E-state index in [0.717, 1.165) is 0 Å². The first-order valence-electron chi connectivity index (χ1n) is 4.58. The van der Waals surface area contributed by atoms with Crippen LogP contribution in [0.2, 0.25) is 0 Å². The second kappa shape index (κ2) is 4.16. The van der Waals surface area contributed by atoms with Crippen LogP contribution in [0.3, 0.4) is 0 Å². The van der Waals surface area contributed by atoms with Crippen LogP contribution in [0, 0.1) is 5.41 Å². The minimum Gasteiger partial charge on any atom is -0.481 e. The van der Waals surface area contributed by atoms with Gasteiger partial charge in [0.05, 0.1) is 5.41 Å². The highest BCUT2D eigenvalue weighted by atomic mass is 16.4. The minimum atomic E-state index is -0.956. The van der Waals surface area contributed by atoms with Crippen molar-refractivity contribution in [1.82, 2.24) is 10.3 Å². The Hall–Kier alpha value is -1.78. The predicted molar refractivity (Wildman–Crippen MR) is 54.5 cm³/mol. The van der Waals surface area contributed by atoms with E-state index < -0.39 is 11.4 Å². The summed E-state index contributed by atoms with van der Waals surface area (Å²) < 4.78 is 0. The maximum atomic E-state index is 11.4. The number of aromatic nitrogens is 1. The first-order valence-corrected chi connectivity index (χ1v) is 4.58. The van der Waals surface area contributed by atoms with E-state index in [1.807, 2.05) is 0 Å². The van der Waals surface area contributed by atoms with Gasteiger partial charge in [-0.2, -0.15) is 0 Å². The van der Waals surface area contributed by atoms with Crippen LogP contribution in [0.15, 0.2) is 18.3 Å². The third-order valence-corrected chi connectivity index (χ3v) is 2.11. The molecule has 0 atom stereocenters. The molecule has 1 heterocycles. The number of rotatable bonds is 4. The van der Waals surface area contributed by atoms with Crippen molar-refractivity contribution < 1.29 is 14.7 Å². The molecule has 0 bridgehead atoms. The molecule has 1 aromatic heterocycles. The Morgan fingerprint density at radius 1 is 1.53 bits per heavy atom. The second-order valence-corrected chi connectivity index (χ2v) is 3.96. The summed E-state index contributed by atoms with van der Waals surface area (Å²) in [5.74, 6) is -1.23. The van der Waals surface area contributed by atoms with Gasteiger partial charge in [0.1, 0.15) is 5.69 Å². The molecule has 82 valence electrons. The highest BCUT2D eigenvalue weighted by molar-refractivity contribution is 5.92. The number of carboxylic acids is 1. The summed E-state index contributed by atoms with van der Waals surface area (Å²) in [4.78, 5) is 24.9. The van der Waals surface area contributed by atoms with Crippen molar-refractivity contribution in [2.45, 2.75) is 13.8 Å². The summed E-state index contributed by atoms with van der Waals surface area (Å²) in [6, 6.07) is 3.33. The monoisotopic (exact) mass is 210 g/mol. The van der Waals surface area contributed by atoms with Crippen LogP contribution in [0.1, 0.15) is 24.3 Å². The topological polar surface area (TPSA) is 82.2 Å². The number of hydrogen-bond acceptors (Lipinski definition) is 2. The third kappa shape index (κ3) is 2.83. The Kier molecular flexibility index (Phi) is 3.14. The van der Waals surface area contributed by atoms with E-state index in [9.17, 15) is 9.59 Å². The molecule has 0 aromatic carbocycles. The van der Waals surface area contributed by atoms with E-state index >= 15 is 0 Å². The van der Waals surface area contributed by atoms with Crippen molar-refractivity contribution in [2.75, 3.05) is 6.54 Å². The molecule has 0 unspecified atom stereocenters. The van der Waals surface area contributed by atoms with E-state index in [2.05, 4.69) is 10.3 Å². The number of carbonyl (C=O) groups excluding carboxylic acids is 1. The van der Waals surface area contributed by atoms with Crippen LogP contribution in [0.4, 0.5) is 0 Å². The summed E-state index contributed by atoms with van der Waals surface area (Å²) in [5.41, 5.74) is -0.529. The zero-order valence-corrected chi connectivity index (χ0v) is 8.70. The van der Waals surface area contributed by atoms with Crippen LogP contribution in [-0.4, -0.2) is 28.5 Å². The summed E-state index contributed by atoms with van der Waals surface area (Å²) in [6.45, 7) is 3.22. The van der Waals surface area contributed by atoms with Gasteiger partial charge < -0.3 is 15.4 Å². The lowest BCUT2D eigenvalue weighted by atomic mass is 9.94. The zero-order chi connectivity index (χ0) is 11.5. The largest absolute Gasteiger partial charge is 0.481 e. The van der Waals surface area contributed by atoms with Gasteiger partial charge in [0, 0.05) is 12.7 Å². The average molecular weight is 210 g/mol. The highest BCUT2D eigenvalue weighted by Gasteiger charge is 2.27. The number of aromatic amines is 1. The van der Waals surface area contributed by atoms with Crippen LogP contribution in [0.25, 0.3) is 0 Å². The third-order valence-electron chi connectivity index (χ3n) is 2.11. The van der Waals surface area contributed by atoms with E-state index in [-0.39, 0.29) is 12.5 Å². The molecule has 5 heteroatoms. The van der Waals surface area contributed by atoms with Gasteiger partial charge in [-0.25, -0.2) is 0 Å². The Morgan fingerprint density at radius 3 is 2.67 bits per heavy atom. The lowest BCUT2D eigenvalue weighted by Gasteiger charge is -2.19. The molecule has 0 saturated heterocycles. The fourth-order valence-electron chi connectivity index (χ4n) is 0.944. The minimum absolute atomic E-state index is 0.0974. The van der Waals surface area contributed by atoms with E-state index in [0.29, 0.717) is 5.69 Å². The molecule has 3 N–H and O–H groups in total. The van der Waals surface area contributed by atoms with E-state index in [4.69, 9.17) is 5.11 Å². The van der Waals surface area contributed by atoms with E-state index in [1.54, 1.807) is 32.2 Å². The Bertz CT molecular complexity index is 355. The molecule has 0 aliphatic rings. The molecule has 1 aromatic rings. The second-order valence-electron chi connectivity index (χ2n) is 3.96. The van der Waals surface area contributed by atoms with Gasteiger partial charge in [-0.3, -0.25) is 9.59 Å². The maximum Gasteiger partial charge on any atom is 0.310 e. The quantitative estimate of drug-likeness (QED) is 0.689. The van der Waals surface area contributed by atoms with Gasteiger partial charge in [-0.1, -0.05) is 0 Å². The Balaban J connectivity index is 2.51. The highest BCUT2D eigenvalue weighted by Crippen LogP contribution is 2.13. The summed E-state index contributed by atoms with van der Waals surface area (Å²) in [5, 5.41) is 11.4. The molecule has 0 aliphatic heterocycles. The fraction of sp³-hybridized carbons (Fsp3) is 0.400. The van der Waals surface area contributed by atoms with Crippen LogP contribution >= 0.6 is 0 Å². The fourth-order valence-corrected chi connectivity index (χ4v) is 0.944. The molecule has 1 amide bonds. The van der Waals surface area contributed by atoms with E-state index in [1.165, 1.54) is 0 Å². The molecule has 0 spiro atoms. The van der Waals surface area contributed by atoms with Crippen molar-refractivity contribution in [3.8, 4) is 0 Å². The molecule has 0 saturated carbocycles. The number of carboxylic acid groups (broad SMARTS) is 1. The van der Waals surface area contributed by atoms with Gasteiger partial charge in [0.2, 0.25) is 0 Å². The van der Waals surface area contributed by atoms with Crippen molar-refractivity contribution in [3.05, 3.63) is 24.0 Å². The average Bonchev–Trinajstić information content (AvgIpc) is 2.66. The number of amides is 1. The van der Waals surface area contributed by atoms with Gasteiger partial charge in [-0.15, -0.1) is 0 Å². The number of hydrogen-bond donors (Lipinski definition) is 3. The number of carbonyl (C=O) groups is 2. The van der Waals surface area contributed by atoms with Gasteiger partial charge >= 0.3 is 5.97 Å². The molecule has 0 radical (unpaired) electrons. The Labute approximate surface area is 87.5 Å². The molecule has 0 fully saturated rings. The van der Waals surface area contributed by atoms with Gasteiger partial charge in [0.15, 0.2) is 0 Å². The first-order chi connectivity index (χ1) is 6.93. The molecular formula is C10H14N2O3. The maximum absolute atomic E-state index is 11.4. The predicted octanol–water partition coefficient (Wildman–Crippen LogP) is 0.855. The lowest BCUT2D eigenvalue weighted by molar-refractivity contribution is -0.146. The number of aliphatic carboxylic acids is 1. The summed E-state index contributed by atoms with van der Waals surface area (Å²) in [6.07, 6.45) is 1.64. The summed E-state index contributed by atoms with van der Waals surface area (Å²) in [7, 11) is 0. The van der Waals surface area contributed by atoms with Crippen molar-refractivity contribution in [3.63, 3.8) is 0 Å². The van der Waals surface area contributed by atoms with Crippen LogP contribution in [-0.2, 0) is 4.79 Å². The molecule has 1 rings (SSSR count). The number of nitrogens with one attached hydrogen (secondary N) is 2. The lowest BCUT2D eigenvalue weighted by Crippen LogP contribution is -2.38. The molecular weight excluding hydrogens is 196 g/mol. The van der Waals surface area contributed by atoms with Crippen molar-refractivity contribution >= 4 is 11.9 Å². The summed E-state index contributed by atoms with van der Waals surface area (Å²) >= 11 is 0. The Morgan fingerprint density at radius 2 is 2.20 bits per heavy atom. The first kappa shape index (κ1) is 11.3. The van der Waals surface area contributed by atoms with Crippen molar-refractivity contribution in [2.24, 2.45) is 5.41 Å². The molecule has 15 heavy (non-hydrogen) atoms. The van der Waals surface area contributed by atoms with Gasteiger partial charge in [0.25, 0.3) is 5.91 Å². The van der Waals surface area contributed by atoms with Crippen molar-refractivity contribution in [1.29, 1.82) is 0 Å². The smallest absolute Gasteiger partial charge is 0.310 e. The normalized spacial score (nSPS) is 11.1.